The van der Waals surface area contributed by atoms with Crippen LogP contribution < -0.4 is 0 Å². The number of benzene rings is 1. The maximum absolute atomic E-state index is 13.2. The minimum Gasteiger partial charge on any atom is -0.481 e. The molecule has 1 aromatic heterocycles. The van der Waals surface area contributed by atoms with Crippen LogP contribution in [-0.4, -0.2) is 75.7 Å². The molecule has 1 amide bonds. The highest BCUT2D eigenvalue weighted by molar-refractivity contribution is 6.35. The molecule has 2 aromatic rings. The summed E-state index contributed by atoms with van der Waals surface area (Å²) in [4.78, 5) is 37.5. The Kier molecular flexibility index (Phi) is 7.86. The number of carbonyl (C=O) groups excluding carboxylic acids is 1. The standard InChI is InChI=1S/C19H24ClN3O3.C2H4O2/c1-21(2)14-8-7-13(19(25)26)10-23(11-14)18(24)16-9-12-5-4-6-15(20)17(12)22(16)3;1-2(3)4/h4-6,9,13-14H,7-8,10-11H2,1-3H3,(H,25,26);1H3,(H,3,4)/t13-,14+;/m0./s1. The third kappa shape index (κ3) is 5.52. The van der Waals surface area contributed by atoms with Crippen molar-refractivity contribution >= 4 is 40.3 Å². The van der Waals surface area contributed by atoms with E-state index in [1.165, 1.54) is 0 Å². The molecule has 1 aromatic carbocycles. The Morgan fingerprint density at radius 3 is 2.30 bits per heavy atom. The predicted molar refractivity (Wildman–Crippen MR) is 115 cm³/mol. The number of halogens is 1. The Morgan fingerprint density at radius 2 is 1.77 bits per heavy atom. The van der Waals surface area contributed by atoms with Crippen LogP contribution in [0.5, 0.6) is 0 Å². The van der Waals surface area contributed by atoms with Crippen LogP contribution >= 0.6 is 11.6 Å². The average Bonchev–Trinajstić information content (AvgIpc) is 2.85. The fourth-order valence-corrected chi connectivity index (χ4v) is 4.00. The lowest BCUT2D eigenvalue weighted by Gasteiger charge is -2.29. The van der Waals surface area contributed by atoms with Gasteiger partial charge in [-0.15, -0.1) is 0 Å². The highest BCUT2D eigenvalue weighted by atomic mass is 35.5. The van der Waals surface area contributed by atoms with Crippen molar-refractivity contribution in [3.63, 3.8) is 0 Å². The number of rotatable bonds is 3. The Morgan fingerprint density at radius 1 is 1.13 bits per heavy atom. The van der Waals surface area contributed by atoms with Gasteiger partial charge in [-0.2, -0.15) is 0 Å². The second kappa shape index (κ2) is 9.95. The van der Waals surface area contributed by atoms with Crippen LogP contribution in [0.3, 0.4) is 0 Å². The summed E-state index contributed by atoms with van der Waals surface area (Å²) in [5.74, 6) is -2.37. The van der Waals surface area contributed by atoms with Gasteiger partial charge in [0.2, 0.25) is 0 Å². The molecule has 2 heterocycles. The molecule has 2 atom stereocenters. The Bertz CT molecular complexity index is 936. The van der Waals surface area contributed by atoms with Crippen LogP contribution in [0.15, 0.2) is 24.3 Å². The lowest BCUT2D eigenvalue weighted by molar-refractivity contribution is -0.142. The van der Waals surface area contributed by atoms with Gasteiger partial charge in [0.1, 0.15) is 5.69 Å². The first kappa shape index (κ1) is 23.7. The zero-order valence-corrected chi connectivity index (χ0v) is 18.4. The fraction of sp³-hybridized carbons (Fsp3) is 0.476. The summed E-state index contributed by atoms with van der Waals surface area (Å²) in [6.07, 6.45) is 1.33. The van der Waals surface area contributed by atoms with E-state index < -0.39 is 17.9 Å². The van der Waals surface area contributed by atoms with Gasteiger partial charge < -0.3 is 24.6 Å². The molecule has 1 fully saturated rings. The molecule has 0 saturated carbocycles. The number of nitrogens with zero attached hydrogens (tertiary/aromatic N) is 3. The number of amides is 1. The molecular weight excluding hydrogens is 410 g/mol. The molecule has 164 valence electrons. The summed E-state index contributed by atoms with van der Waals surface area (Å²) >= 11 is 6.29. The second-order valence-corrected chi connectivity index (χ2v) is 8.13. The number of fused-ring (bicyclic) bond motifs is 1. The van der Waals surface area contributed by atoms with Crippen LogP contribution in [0.4, 0.5) is 0 Å². The lowest BCUT2D eigenvalue weighted by Crippen LogP contribution is -2.43. The Labute approximate surface area is 180 Å². The fourth-order valence-electron chi connectivity index (χ4n) is 3.69. The molecule has 1 saturated heterocycles. The van der Waals surface area contributed by atoms with Crippen LogP contribution in [0.1, 0.15) is 30.3 Å². The van der Waals surface area contributed by atoms with E-state index in [1.54, 1.807) is 15.5 Å². The van der Waals surface area contributed by atoms with Gasteiger partial charge in [0.25, 0.3) is 11.9 Å². The van der Waals surface area contributed by atoms with E-state index in [9.17, 15) is 14.7 Å². The average molecular weight is 438 g/mol. The summed E-state index contributed by atoms with van der Waals surface area (Å²) in [7, 11) is 5.74. The molecule has 2 N–H and O–H groups in total. The van der Waals surface area contributed by atoms with E-state index in [4.69, 9.17) is 21.5 Å². The summed E-state index contributed by atoms with van der Waals surface area (Å²) in [6.45, 7) is 1.83. The molecule has 9 heteroatoms. The third-order valence-corrected chi connectivity index (χ3v) is 5.62. The van der Waals surface area contributed by atoms with Crippen LogP contribution in [0.2, 0.25) is 5.02 Å². The van der Waals surface area contributed by atoms with E-state index in [2.05, 4.69) is 4.90 Å². The number of likely N-dealkylation sites (N-methyl/N-ethyl adjacent to an activating group) is 1. The molecule has 1 aliphatic heterocycles. The smallest absolute Gasteiger partial charge is 0.308 e. The number of hydrogen-bond acceptors (Lipinski definition) is 4. The summed E-state index contributed by atoms with van der Waals surface area (Å²) in [5, 5.41) is 18.4. The van der Waals surface area contributed by atoms with Gasteiger partial charge in [-0.1, -0.05) is 23.7 Å². The van der Waals surface area contributed by atoms with Crippen LogP contribution in [0, 0.1) is 5.92 Å². The molecule has 30 heavy (non-hydrogen) atoms. The minimum absolute atomic E-state index is 0.140. The minimum atomic E-state index is -0.845. The van der Waals surface area contributed by atoms with Gasteiger partial charge in [0.15, 0.2) is 0 Å². The molecule has 3 rings (SSSR count). The number of carboxylic acids is 2. The van der Waals surface area contributed by atoms with E-state index in [0.29, 0.717) is 23.7 Å². The molecular formula is C21H28ClN3O5. The number of para-hydroxylation sites is 1. The number of carboxylic acid groups (broad SMARTS) is 2. The molecule has 0 bridgehead atoms. The topological polar surface area (TPSA) is 103 Å². The van der Waals surface area contributed by atoms with Crippen molar-refractivity contribution in [2.75, 3.05) is 27.2 Å². The van der Waals surface area contributed by atoms with E-state index >= 15 is 0 Å². The van der Waals surface area contributed by atoms with Crippen LogP contribution in [-0.2, 0) is 16.6 Å². The number of aliphatic carboxylic acids is 2. The van der Waals surface area contributed by atoms with E-state index in [1.807, 2.05) is 39.3 Å². The van der Waals surface area contributed by atoms with Crippen molar-refractivity contribution in [3.8, 4) is 0 Å². The lowest BCUT2D eigenvalue weighted by atomic mass is 10.0. The summed E-state index contributed by atoms with van der Waals surface area (Å²) < 4.78 is 1.80. The van der Waals surface area contributed by atoms with E-state index in [-0.39, 0.29) is 18.5 Å². The van der Waals surface area contributed by atoms with Crippen molar-refractivity contribution in [2.45, 2.75) is 25.8 Å². The molecule has 0 spiro atoms. The largest absolute Gasteiger partial charge is 0.481 e. The summed E-state index contributed by atoms with van der Waals surface area (Å²) in [5.41, 5.74) is 1.34. The van der Waals surface area contributed by atoms with Crippen LogP contribution in [0.25, 0.3) is 10.9 Å². The number of carbonyl (C=O) groups is 3. The number of likely N-dealkylation sites (tertiary alicyclic amines) is 1. The number of aryl methyl sites for hydroxylation is 1. The highest BCUT2D eigenvalue weighted by Crippen LogP contribution is 2.28. The zero-order chi connectivity index (χ0) is 22.6. The SMILES string of the molecule is CC(=O)O.CN(C)[C@@H]1CC[C@H](C(=O)O)CN(C(=O)c2cc3cccc(Cl)c3n2C)C1. The number of hydrogen-bond donors (Lipinski definition) is 2. The van der Waals surface area contributed by atoms with Gasteiger partial charge in [0, 0.05) is 38.5 Å². The predicted octanol–water partition coefficient (Wildman–Crippen LogP) is 2.79. The normalized spacial score (nSPS) is 19.2. The molecule has 0 aliphatic carbocycles. The monoisotopic (exact) mass is 437 g/mol. The number of aromatic nitrogens is 1. The third-order valence-electron chi connectivity index (χ3n) is 5.31. The maximum atomic E-state index is 13.2. The first-order valence-electron chi connectivity index (χ1n) is 9.64. The van der Waals surface area contributed by atoms with Gasteiger partial charge in [-0.25, -0.2) is 0 Å². The van der Waals surface area contributed by atoms with Crippen molar-refractivity contribution in [1.82, 2.24) is 14.4 Å². The quantitative estimate of drug-likeness (QED) is 0.765. The second-order valence-electron chi connectivity index (χ2n) is 7.73. The highest BCUT2D eigenvalue weighted by Gasteiger charge is 2.32. The van der Waals surface area contributed by atoms with Crippen molar-refractivity contribution in [3.05, 3.63) is 35.0 Å². The van der Waals surface area contributed by atoms with Crippen molar-refractivity contribution in [1.29, 1.82) is 0 Å². The molecule has 0 unspecified atom stereocenters. The molecule has 1 aliphatic rings. The Balaban J connectivity index is 0.000000735. The first-order chi connectivity index (χ1) is 14.0. The zero-order valence-electron chi connectivity index (χ0n) is 17.6. The first-order valence-corrected chi connectivity index (χ1v) is 10.0. The van der Waals surface area contributed by atoms with Crippen molar-refractivity contribution in [2.24, 2.45) is 13.0 Å². The van der Waals surface area contributed by atoms with E-state index in [0.717, 1.165) is 24.2 Å². The Hall–Kier alpha value is -2.58. The van der Waals surface area contributed by atoms with Gasteiger partial charge in [0.05, 0.1) is 16.5 Å². The van der Waals surface area contributed by atoms with Gasteiger partial charge in [-0.3, -0.25) is 14.4 Å². The van der Waals surface area contributed by atoms with Gasteiger partial charge >= 0.3 is 5.97 Å². The maximum Gasteiger partial charge on any atom is 0.308 e. The van der Waals surface area contributed by atoms with Crippen molar-refractivity contribution < 1.29 is 24.6 Å². The van der Waals surface area contributed by atoms with Gasteiger partial charge in [-0.05, 0) is 39.1 Å². The molecule has 0 radical (unpaired) electrons. The summed E-state index contributed by atoms with van der Waals surface area (Å²) in [6, 6.07) is 7.54. The molecule has 8 nitrogen and oxygen atoms in total.